The number of aliphatic carboxylic acids is 4. The monoisotopic (exact) mass is 1020 g/mol. The molecule has 1 aliphatic rings. The quantitative estimate of drug-likeness (QED) is 0.0297. The third kappa shape index (κ3) is 23.1. The first-order valence-electron chi connectivity index (χ1n) is 23.3. The Labute approximate surface area is 418 Å². The van der Waals surface area contributed by atoms with Crippen molar-refractivity contribution in [2.45, 2.75) is 91.4 Å². The van der Waals surface area contributed by atoms with E-state index >= 15 is 0 Å². The molecule has 0 spiro atoms. The van der Waals surface area contributed by atoms with Crippen molar-refractivity contribution in [1.29, 1.82) is 0 Å². The second kappa shape index (κ2) is 33.3. The molecule has 0 saturated heterocycles. The maximum absolute atomic E-state index is 12.4. The number of alkyl carbamates (subject to hydrolysis) is 1. The Morgan fingerprint density at radius 3 is 1.72 bits per heavy atom. The van der Waals surface area contributed by atoms with E-state index < -0.39 is 31.5 Å². The summed E-state index contributed by atoms with van der Waals surface area (Å²) in [7, 11) is -1.51. The summed E-state index contributed by atoms with van der Waals surface area (Å²) in [5.74, 6) is -3.37. The summed E-state index contributed by atoms with van der Waals surface area (Å²) < 4.78 is 28.6. The van der Waals surface area contributed by atoms with E-state index in [0.29, 0.717) is 48.5 Å². The third-order valence-electron chi connectivity index (χ3n) is 10.1. The lowest BCUT2D eigenvalue weighted by atomic mass is 9.98. The summed E-state index contributed by atoms with van der Waals surface area (Å²) in [4.78, 5) is 74.4. The van der Waals surface area contributed by atoms with Crippen LogP contribution in [0.25, 0.3) is 27.7 Å². The standard InChI is InChI=1S/C24H29NO4.C15H11N3O3.C8H18NO4P.2C2H4O2/c26-23(27)15-5-3-1-2-4-10-16-25-24(28)29-17-22-20-13-8-6-11-18(20)19-12-7-9-14-21(19)22;19-14(20)9-10-5-7-11(8-6-10)18-15(21)12-3-1-2-4-13(12)16-17-18;1-4-12-14(11,13-5-2)7-6-8(10)9-3;2*1-2(3)4/h6-9,11-14,22H,1-5,10,15-17H2,(H,25,28)(H,26,27);1-8H,9H2,(H,19,20);4-7H2,1-3H3,(H,9,10);2*1H3,(H,3,4). The van der Waals surface area contributed by atoms with Crippen molar-refractivity contribution in [2.75, 3.05) is 39.6 Å². The Hall–Kier alpha value is -7.28. The molecule has 4 aromatic carbocycles. The van der Waals surface area contributed by atoms with Crippen LogP contribution in [0.5, 0.6) is 0 Å². The van der Waals surface area contributed by atoms with Crippen molar-refractivity contribution in [3.05, 3.63) is 124 Å². The number of hydrogen-bond donors (Lipinski definition) is 6. The van der Waals surface area contributed by atoms with Gasteiger partial charge in [0, 0.05) is 46.2 Å². The van der Waals surface area contributed by atoms with Crippen molar-refractivity contribution >= 4 is 54.4 Å². The van der Waals surface area contributed by atoms with Gasteiger partial charge in [0.2, 0.25) is 5.91 Å². The third-order valence-corrected chi connectivity index (χ3v) is 12.2. The summed E-state index contributed by atoms with van der Waals surface area (Å²) in [6.07, 6.45) is 5.85. The summed E-state index contributed by atoms with van der Waals surface area (Å²) in [5.41, 5.74) is 6.36. The van der Waals surface area contributed by atoms with Gasteiger partial charge in [-0.25, -0.2) is 4.79 Å². The van der Waals surface area contributed by atoms with Gasteiger partial charge in [0.05, 0.1) is 36.9 Å². The van der Waals surface area contributed by atoms with E-state index in [9.17, 15) is 28.5 Å². The zero-order chi connectivity index (χ0) is 53.5. The maximum atomic E-state index is 12.4. The molecular weight excluding hydrogens is 954 g/mol. The zero-order valence-electron chi connectivity index (χ0n) is 41.3. The van der Waals surface area contributed by atoms with Crippen molar-refractivity contribution < 1.29 is 67.5 Å². The number of carboxylic acids is 4. The number of benzene rings is 4. The number of nitrogens with one attached hydrogen (secondary N) is 2. The second-order valence-corrected chi connectivity index (χ2v) is 17.9. The average molecular weight is 1020 g/mol. The molecule has 2 amide bonds. The number of carbonyl (C=O) groups excluding carboxylic acids is 2. The number of hydrogen-bond acceptors (Lipinski definition) is 13. The van der Waals surface area contributed by atoms with Gasteiger partial charge in [-0.2, -0.15) is 4.68 Å². The predicted octanol–water partition coefficient (Wildman–Crippen LogP) is 8.32. The van der Waals surface area contributed by atoms with Gasteiger partial charge in [-0.3, -0.25) is 33.3 Å². The highest BCUT2D eigenvalue weighted by molar-refractivity contribution is 7.53. The first-order valence-corrected chi connectivity index (χ1v) is 25.0. The van der Waals surface area contributed by atoms with E-state index in [1.807, 2.05) is 24.3 Å². The van der Waals surface area contributed by atoms with E-state index in [1.54, 1.807) is 62.4 Å². The van der Waals surface area contributed by atoms with E-state index in [4.69, 9.17) is 43.8 Å². The molecule has 0 atom stereocenters. The fraction of sp³-hybridized carbons (Fsp3) is 0.392. The number of fused-ring (bicyclic) bond motifs is 4. The van der Waals surface area contributed by atoms with Gasteiger partial charge in [-0.05, 0) is 78.8 Å². The first kappa shape index (κ1) is 60.8. The minimum absolute atomic E-state index is 0.0570. The first-order chi connectivity index (χ1) is 34.4. The van der Waals surface area contributed by atoms with Crippen LogP contribution in [0.4, 0.5) is 4.79 Å². The maximum Gasteiger partial charge on any atom is 0.407 e. The molecule has 21 heteroatoms. The Balaban J connectivity index is 0.000000361. The van der Waals surface area contributed by atoms with Crippen molar-refractivity contribution in [1.82, 2.24) is 25.6 Å². The summed E-state index contributed by atoms with van der Waals surface area (Å²) in [6, 6.07) is 30.2. The smallest absolute Gasteiger partial charge is 0.407 e. The van der Waals surface area contributed by atoms with Gasteiger partial charge in [0.25, 0.3) is 17.5 Å². The number of carboxylic acid groups (broad SMARTS) is 4. The Morgan fingerprint density at radius 2 is 1.19 bits per heavy atom. The average Bonchev–Trinajstić information content (AvgIpc) is 3.66. The number of ether oxygens (including phenoxy) is 1. The van der Waals surface area contributed by atoms with Crippen molar-refractivity contribution in [3.8, 4) is 16.8 Å². The van der Waals surface area contributed by atoms with Crippen molar-refractivity contribution in [3.63, 3.8) is 0 Å². The lowest BCUT2D eigenvalue weighted by Crippen LogP contribution is -2.27. The lowest BCUT2D eigenvalue weighted by molar-refractivity contribution is -0.137. The summed E-state index contributed by atoms with van der Waals surface area (Å²) in [6.45, 7) is 7.24. The van der Waals surface area contributed by atoms with Crippen LogP contribution in [0.2, 0.25) is 0 Å². The SMILES string of the molecule is CC(=O)O.CC(=O)O.CCOP(=O)(CCC(=O)NC)OCC.O=C(O)CCCCCCCCNC(=O)OCC1c2ccccc2-c2ccccc21.O=C(O)Cc1ccc(-n2nnc3ccccc3c2=O)cc1. The topological polar surface area (TPSA) is 300 Å². The molecule has 5 aromatic rings. The molecule has 0 radical (unpaired) electrons. The highest BCUT2D eigenvalue weighted by atomic mass is 31.2. The summed E-state index contributed by atoms with van der Waals surface area (Å²) in [5, 5.41) is 45.9. The van der Waals surface area contributed by atoms with Crippen LogP contribution in [0.1, 0.15) is 102 Å². The Bertz CT molecular complexity index is 2550. The van der Waals surface area contributed by atoms with E-state index in [1.165, 1.54) is 34.0 Å². The second-order valence-electron chi connectivity index (χ2n) is 15.7. The highest BCUT2D eigenvalue weighted by Crippen LogP contribution is 2.48. The largest absolute Gasteiger partial charge is 0.481 e. The van der Waals surface area contributed by atoms with Gasteiger partial charge >= 0.3 is 25.6 Å². The number of unbranched alkanes of at least 4 members (excludes halogenated alkanes) is 5. The van der Waals surface area contributed by atoms with E-state index in [2.05, 4.69) is 45.2 Å². The van der Waals surface area contributed by atoms with Crippen LogP contribution in [0.15, 0.2) is 102 Å². The van der Waals surface area contributed by atoms with Crippen LogP contribution in [0.3, 0.4) is 0 Å². The number of nitrogens with zero attached hydrogens (tertiary/aromatic N) is 3. The molecule has 0 fully saturated rings. The molecule has 6 rings (SSSR count). The number of rotatable bonds is 21. The fourth-order valence-electron chi connectivity index (χ4n) is 6.96. The highest BCUT2D eigenvalue weighted by Gasteiger charge is 2.29. The zero-order valence-corrected chi connectivity index (χ0v) is 42.2. The minimum Gasteiger partial charge on any atom is -0.481 e. The molecule has 0 aliphatic heterocycles. The molecule has 6 N–H and O–H groups in total. The molecule has 0 unspecified atom stereocenters. The molecule has 0 saturated carbocycles. The molecular formula is C51H66N5O15P. The summed E-state index contributed by atoms with van der Waals surface area (Å²) >= 11 is 0. The van der Waals surface area contributed by atoms with Crippen LogP contribution < -0.4 is 16.2 Å². The molecule has 1 heterocycles. The van der Waals surface area contributed by atoms with E-state index in [0.717, 1.165) is 52.4 Å². The molecule has 72 heavy (non-hydrogen) atoms. The van der Waals surface area contributed by atoms with Crippen LogP contribution in [-0.4, -0.2) is 111 Å². The Kier molecular flexibility index (Phi) is 28.2. The van der Waals surface area contributed by atoms with Gasteiger partial charge < -0.3 is 44.8 Å². The normalized spacial score (nSPS) is 11.0. The van der Waals surface area contributed by atoms with Gasteiger partial charge in [0.15, 0.2) is 0 Å². The Morgan fingerprint density at radius 1 is 0.681 bits per heavy atom. The molecule has 0 bridgehead atoms. The lowest BCUT2D eigenvalue weighted by Gasteiger charge is -2.16. The number of amides is 2. The number of carbonyl (C=O) groups is 6. The molecule has 20 nitrogen and oxygen atoms in total. The van der Waals surface area contributed by atoms with Crippen LogP contribution >= 0.6 is 7.60 Å². The van der Waals surface area contributed by atoms with Crippen LogP contribution in [-0.2, 0) is 48.7 Å². The van der Waals surface area contributed by atoms with Gasteiger partial charge in [-0.1, -0.05) is 104 Å². The molecule has 1 aliphatic carbocycles. The molecule has 390 valence electrons. The van der Waals surface area contributed by atoms with Gasteiger partial charge in [0.1, 0.15) is 12.1 Å². The minimum atomic E-state index is -3.05. The fourth-order valence-corrected chi connectivity index (χ4v) is 8.56. The van der Waals surface area contributed by atoms with Crippen molar-refractivity contribution in [2.24, 2.45) is 0 Å². The van der Waals surface area contributed by atoms with Crippen LogP contribution in [0, 0.1) is 0 Å². The predicted molar refractivity (Wildman–Crippen MR) is 271 cm³/mol. The number of aromatic nitrogens is 3. The molecule has 1 aromatic heterocycles. The van der Waals surface area contributed by atoms with E-state index in [-0.39, 0.29) is 48.9 Å². The van der Waals surface area contributed by atoms with Gasteiger partial charge in [-0.15, -0.1) is 5.10 Å².